The van der Waals surface area contributed by atoms with Gasteiger partial charge in [0.25, 0.3) is 5.91 Å². The highest BCUT2D eigenvalue weighted by Gasteiger charge is 2.12. The quantitative estimate of drug-likeness (QED) is 0.684. The molecule has 25 heavy (non-hydrogen) atoms. The van der Waals surface area contributed by atoms with Gasteiger partial charge in [0.2, 0.25) is 0 Å². The van der Waals surface area contributed by atoms with Crippen LogP contribution in [0.15, 0.2) is 41.0 Å². The first-order valence-electron chi connectivity index (χ1n) is 7.69. The van der Waals surface area contributed by atoms with Crippen LogP contribution in [0.1, 0.15) is 27.4 Å². The zero-order valence-electron chi connectivity index (χ0n) is 13.8. The molecule has 0 aliphatic heterocycles. The lowest BCUT2D eigenvalue weighted by molar-refractivity contribution is 0.0945. The van der Waals surface area contributed by atoms with Gasteiger partial charge in [-0.15, -0.1) is 0 Å². The second kappa shape index (κ2) is 7.41. The van der Waals surface area contributed by atoms with Crippen LogP contribution in [0.5, 0.6) is 0 Å². The van der Waals surface area contributed by atoms with Crippen LogP contribution in [0.4, 0.5) is 0 Å². The molecule has 8 heteroatoms. The fourth-order valence-electron chi connectivity index (χ4n) is 2.39. The zero-order valence-corrected chi connectivity index (χ0v) is 16.2. The van der Waals surface area contributed by atoms with E-state index in [1.807, 2.05) is 30.7 Å². The first-order chi connectivity index (χ1) is 11.9. The van der Waals surface area contributed by atoms with Gasteiger partial charge in [-0.25, -0.2) is 4.68 Å². The SMILES string of the molecule is Cc1nn(Cn2ccc(C(=O)NCc3ccc(Cl)cc3)n2)c(C)c1Br. The Bertz CT molecular complexity index is 900. The van der Waals surface area contributed by atoms with Gasteiger partial charge >= 0.3 is 0 Å². The summed E-state index contributed by atoms with van der Waals surface area (Å²) in [6.45, 7) is 4.79. The third kappa shape index (κ3) is 4.11. The third-order valence-corrected chi connectivity index (χ3v) is 5.21. The summed E-state index contributed by atoms with van der Waals surface area (Å²) in [5.74, 6) is -0.219. The Morgan fingerprint density at radius 1 is 1.20 bits per heavy atom. The molecule has 0 aliphatic carbocycles. The molecule has 3 rings (SSSR count). The lowest BCUT2D eigenvalue weighted by Gasteiger charge is -2.05. The largest absolute Gasteiger partial charge is 0.347 e. The van der Waals surface area contributed by atoms with E-state index in [-0.39, 0.29) is 5.91 Å². The number of amides is 1. The van der Waals surface area contributed by atoms with E-state index < -0.39 is 0 Å². The summed E-state index contributed by atoms with van der Waals surface area (Å²) in [6, 6.07) is 9.04. The van der Waals surface area contributed by atoms with Crippen molar-refractivity contribution >= 4 is 33.4 Å². The molecule has 0 radical (unpaired) electrons. The van der Waals surface area contributed by atoms with Gasteiger partial charge in [-0.05, 0) is 53.5 Å². The number of benzene rings is 1. The molecule has 1 N–H and O–H groups in total. The van der Waals surface area contributed by atoms with Gasteiger partial charge in [-0.2, -0.15) is 10.2 Å². The Kier molecular flexibility index (Phi) is 5.24. The van der Waals surface area contributed by atoms with E-state index in [1.165, 1.54) is 0 Å². The van der Waals surface area contributed by atoms with Crippen molar-refractivity contribution in [2.45, 2.75) is 27.1 Å². The van der Waals surface area contributed by atoms with Gasteiger partial charge in [0.05, 0.1) is 15.9 Å². The fraction of sp³-hybridized carbons (Fsp3) is 0.235. The number of halogens is 2. The molecular formula is C17H17BrClN5O. The van der Waals surface area contributed by atoms with Gasteiger partial charge in [0.15, 0.2) is 0 Å². The first kappa shape index (κ1) is 17.7. The van der Waals surface area contributed by atoms with E-state index in [2.05, 4.69) is 31.4 Å². The molecule has 0 aliphatic rings. The van der Waals surface area contributed by atoms with Gasteiger partial charge in [-0.3, -0.25) is 9.48 Å². The first-order valence-corrected chi connectivity index (χ1v) is 8.87. The van der Waals surface area contributed by atoms with Gasteiger partial charge in [0, 0.05) is 17.8 Å². The third-order valence-electron chi connectivity index (χ3n) is 3.81. The summed E-state index contributed by atoms with van der Waals surface area (Å²) in [5.41, 5.74) is 3.28. The number of aryl methyl sites for hydroxylation is 1. The number of carbonyl (C=O) groups is 1. The average Bonchev–Trinajstić information content (AvgIpc) is 3.16. The summed E-state index contributed by atoms with van der Waals surface area (Å²) < 4.78 is 4.51. The minimum absolute atomic E-state index is 0.219. The van der Waals surface area contributed by atoms with Gasteiger partial charge in [0.1, 0.15) is 12.4 Å². The van der Waals surface area contributed by atoms with Crippen LogP contribution in [0, 0.1) is 13.8 Å². The zero-order chi connectivity index (χ0) is 18.0. The number of nitrogens with one attached hydrogen (secondary N) is 1. The fourth-order valence-corrected chi connectivity index (χ4v) is 2.80. The Labute approximate surface area is 158 Å². The Morgan fingerprint density at radius 3 is 2.56 bits per heavy atom. The molecule has 130 valence electrons. The van der Waals surface area contributed by atoms with E-state index in [9.17, 15) is 4.79 Å². The predicted octanol–water partition coefficient (Wildman–Crippen LogP) is 3.55. The molecule has 0 unspecified atom stereocenters. The number of rotatable bonds is 5. The molecule has 0 bridgehead atoms. The van der Waals surface area contributed by atoms with Crippen LogP contribution in [-0.4, -0.2) is 25.5 Å². The number of aromatic nitrogens is 4. The van der Waals surface area contributed by atoms with Crippen LogP contribution in [0.25, 0.3) is 0 Å². The van der Waals surface area contributed by atoms with Crippen molar-refractivity contribution in [1.82, 2.24) is 24.9 Å². The van der Waals surface area contributed by atoms with Crippen LogP contribution in [0.3, 0.4) is 0 Å². The van der Waals surface area contributed by atoms with Crippen molar-refractivity contribution in [2.24, 2.45) is 0 Å². The summed E-state index contributed by atoms with van der Waals surface area (Å²) >= 11 is 9.36. The number of hydrogen-bond acceptors (Lipinski definition) is 3. The molecule has 6 nitrogen and oxygen atoms in total. The summed E-state index contributed by atoms with van der Waals surface area (Å²) in [4.78, 5) is 12.2. The summed E-state index contributed by atoms with van der Waals surface area (Å²) in [6.07, 6.45) is 1.77. The highest BCUT2D eigenvalue weighted by molar-refractivity contribution is 9.10. The Morgan fingerprint density at radius 2 is 1.92 bits per heavy atom. The van der Waals surface area contributed by atoms with Crippen LogP contribution in [-0.2, 0) is 13.2 Å². The molecule has 1 amide bonds. The summed E-state index contributed by atoms with van der Waals surface area (Å²) in [7, 11) is 0. The second-order valence-corrected chi connectivity index (χ2v) is 6.90. The minimum atomic E-state index is -0.219. The summed E-state index contributed by atoms with van der Waals surface area (Å²) in [5, 5.41) is 12.3. The van der Waals surface area contributed by atoms with E-state index >= 15 is 0 Å². The standard InChI is InChI=1S/C17H17BrClN5O/c1-11-16(18)12(2)24(21-11)10-23-8-7-15(22-23)17(25)20-9-13-3-5-14(19)6-4-13/h3-8H,9-10H2,1-2H3,(H,20,25). The number of nitrogens with zero attached hydrogens (tertiary/aromatic N) is 4. The number of hydrogen-bond donors (Lipinski definition) is 1. The molecule has 3 aromatic rings. The predicted molar refractivity (Wildman–Crippen MR) is 99.6 cm³/mol. The van der Waals surface area contributed by atoms with Crippen LogP contribution < -0.4 is 5.32 Å². The van der Waals surface area contributed by atoms with Crippen molar-refractivity contribution in [3.8, 4) is 0 Å². The highest BCUT2D eigenvalue weighted by atomic mass is 79.9. The molecule has 0 atom stereocenters. The lowest BCUT2D eigenvalue weighted by atomic mass is 10.2. The molecule has 0 saturated carbocycles. The Hall–Kier alpha value is -2.12. The van der Waals surface area contributed by atoms with Crippen LogP contribution >= 0.6 is 27.5 Å². The van der Waals surface area contributed by atoms with Gasteiger partial charge in [-0.1, -0.05) is 23.7 Å². The smallest absolute Gasteiger partial charge is 0.272 e. The topological polar surface area (TPSA) is 64.7 Å². The minimum Gasteiger partial charge on any atom is -0.347 e. The van der Waals surface area contributed by atoms with E-state index in [4.69, 9.17) is 11.6 Å². The van der Waals surface area contributed by atoms with Gasteiger partial charge < -0.3 is 5.32 Å². The van der Waals surface area contributed by atoms with Crippen molar-refractivity contribution in [3.63, 3.8) is 0 Å². The lowest BCUT2D eigenvalue weighted by Crippen LogP contribution is -2.23. The van der Waals surface area contributed by atoms with Crippen molar-refractivity contribution in [1.29, 1.82) is 0 Å². The van der Waals surface area contributed by atoms with E-state index in [1.54, 1.807) is 29.1 Å². The van der Waals surface area contributed by atoms with E-state index in [0.717, 1.165) is 21.4 Å². The molecule has 0 fully saturated rings. The van der Waals surface area contributed by atoms with Crippen molar-refractivity contribution < 1.29 is 4.79 Å². The second-order valence-electron chi connectivity index (χ2n) is 5.68. The normalized spacial score (nSPS) is 10.9. The monoisotopic (exact) mass is 421 g/mol. The van der Waals surface area contributed by atoms with Crippen molar-refractivity contribution in [2.75, 3.05) is 0 Å². The Balaban J connectivity index is 1.63. The van der Waals surface area contributed by atoms with Crippen LogP contribution in [0.2, 0.25) is 5.02 Å². The molecule has 0 saturated heterocycles. The molecule has 1 aromatic carbocycles. The maximum absolute atomic E-state index is 12.2. The average molecular weight is 423 g/mol. The maximum atomic E-state index is 12.2. The number of carbonyl (C=O) groups excluding carboxylic acids is 1. The molecular weight excluding hydrogens is 406 g/mol. The maximum Gasteiger partial charge on any atom is 0.272 e. The highest BCUT2D eigenvalue weighted by Crippen LogP contribution is 2.19. The molecule has 0 spiro atoms. The molecule has 2 aromatic heterocycles. The van der Waals surface area contributed by atoms with E-state index in [0.29, 0.717) is 23.9 Å². The van der Waals surface area contributed by atoms with Crippen molar-refractivity contribution in [3.05, 3.63) is 68.7 Å². The molecule has 2 heterocycles.